The van der Waals surface area contributed by atoms with Crippen LogP contribution in [0.2, 0.25) is 0 Å². The van der Waals surface area contributed by atoms with E-state index in [0.29, 0.717) is 18.2 Å². The van der Waals surface area contributed by atoms with E-state index in [9.17, 15) is 4.79 Å². The van der Waals surface area contributed by atoms with Crippen LogP contribution in [0.5, 0.6) is 0 Å². The van der Waals surface area contributed by atoms with Gasteiger partial charge in [-0.05, 0) is 18.8 Å². The number of carbonyl (C=O) groups excluding carboxylic acids is 1. The number of rotatable bonds is 6. The van der Waals surface area contributed by atoms with Gasteiger partial charge in [-0.15, -0.1) is 0 Å². The molecule has 0 fully saturated rings. The quantitative estimate of drug-likeness (QED) is 0.705. The standard InChI is InChI=1S/C12H22N4O/c1-4-5-9-7-11(16-15-9)14-12(17)10(13)6-8(2)3/h7-8,10H,4-6,13H2,1-3H3,(H2,14,15,16,17)/t10-/m1/s1. The van der Waals surface area contributed by atoms with Crippen molar-refractivity contribution >= 4 is 11.7 Å². The third-order valence-electron chi connectivity index (χ3n) is 2.46. The highest BCUT2D eigenvalue weighted by Crippen LogP contribution is 2.09. The number of nitrogens with zero attached hydrogens (tertiary/aromatic N) is 1. The van der Waals surface area contributed by atoms with E-state index in [0.717, 1.165) is 18.5 Å². The van der Waals surface area contributed by atoms with E-state index < -0.39 is 6.04 Å². The number of anilines is 1. The number of hydrogen-bond acceptors (Lipinski definition) is 3. The van der Waals surface area contributed by atoms with Crippen LogP contribution in [0.3, 0.4) is 0 Å². The molecule has 1 atom stereocenters. The van der Waals surface area contributed by atoms with Gasteiger partial charge in [0.25, 0.3) is 0 Å². The lowest BCUT2D eigenvalue weighted by atomic mass is 10.0. The first-order chi connectivity index (χ1) is 8.02. The average molecular weight is 238 g/mol. The number of nitrogens with one attached hydrogen (secondary N) is 2. The van der Waals surface area contributed by atoms with E-state index >= 15 is 0 Å². The lowest BCUT2D eigenvalue weighted by Gasteiger charge is -2.12. The van der Waals surface area contributed by atoms with Crippen LogP contribution in [0.25, 0.3) is 0 Å². The fourth-order valence-electron chi connectivity index (χ4n) is 1.66. The molecule has 5 heteroatoms. The Morgan fingerprint density at radius 3 is 2.88 bits per heavy atom. The second kappa shape index (κ2) is 6.39. The molecular formula is C12H22N4O. The monoisotopic (exact) mass is 238 g/mol. The van der Waals surface area contributed by atoms with Crippen molar-refractivity contribution in [3.05, 3.63) is 11.8 Å². The van der Waals surface area contributed by atoms with Gasteiger partial charge < -0.3 is 11.1 Å². The third kappa shape index (κ3) is 4.56. The summed E-state index contributed by atoms with van der Waals surface area (Å²) in [6.07, 6.45) is 2.65. The van der Waals surface area contributed by atoms with Crippen molar-refractivity contribution in [2.24, 2.45) is 11.7 Å². The maximum Gasteiger partial charge on any atom is 0.242 e. The second-order valence-electron chi connectivity index (χ2n) is 4.75. The van der Waals surface area contributed by atoms with Gasteiger partial charge in [0, 0.05) is 11.8 Å². The Hall–Kier alpha value is -1.36. The van der Waals surface area contributed by atoms with E-state index in [-0.39, 0.29) is 5.91 Å². The molecule has 0 bridgehead atoms. The van der Waals surface area contributed by atoms with Gasteiger partial charge in [0.2, 0.25) is 5.91 Å². The first kappa shape index (κ1) is 13.7. The number of aromatic amines is 1. The van der Waals surface area contributed by atoms with E-state index in [1.54, 1.807) is 0 Å². The molecule has 1 aromatic rings. The number of carbonyl (C=O) groups is 1. The minimum Gasteiger partial charge on any atom is -0.320 e. The zero-order valence-electron chi connectivity index (χ0n) is 10.8. The van der Waals surface area contributed by atoms with Crippen LogP contribution in [-0.2, 0) is 11.2 Å². The van der Waals surface area contributed by atoms with E-state index in [1.165, 1.54) is 0 Å². The Kier molecular flexibility index (Phi) is 5.15. The number of H-pyrrole nitrogens is 1. The minimum absolute atomic E-state index is 0.173. The van der Waals surface area contributed by atoms with Gasteiger partial charge in [-0.2, -0.15) is 5.10 Å². The molecule has 96 valence electrons. The number of nitrogens with two attached hydrogens (primary N) is 1. The van der Waals surface area contributed by atoms with Crippen molar-refractivity contribution in [2.45, 2.75) is 46.1 Å². The summed E-state index contributed by atoms with van der Waals surface area (Å²) < 4.78 is 0. The molecule has 0 aliphatic heterocycles. The van der Waals surface area contributed by atoms with Crippen molar-refractivity contribution in [2.75, 3.05) is 5.32 Å². The molecule has 0 saturated carbocycles. The van der Waals surface area contributed by atoms with Gasteiger partial charge >= 0.3 is 0 Å². The summed E-state index contributed by atoms with van der Waals surface area (Å²) in [6.45, 7) is 6.18. The van der Waals surface area contributed by atoms with Crippen LogP contribution in [0.1, 0.15) is 39.3 Å². The molecule has 4 N–H and O–H groups in total. The van der Waals surface area contributed by atoms with Gasteiger partial charge in [0.1, 0.15) is 0 Å². The summed E-state index contributed by atoms with van der Waals surface area (Å²) in [4.78, 5) is 11.7. The molecule has 1 aromatic heterocycles. The molecule has 0 spiro atoms. The molecule has 5 nitrogen and oxygen atoms in total. The van der Waals surface area contributed by atoms with Crippen molar-refractivity contribution in [3.8, 4) is 0 Å². The highest BCUT2D eigenvalue weighted by molar-refractivity contribution is 5.93. The normalized spacial score (nSPS) is 12.8. The van der Waals surface area contributed by atoms with Crippen LogP contribution in [0.15, 0.2) is 6.07 Å². The number of hydrogen-bond donors (Lipinski definition) is 3. The summed E-state index contributed by atoms with van der Waals surface area (Å²) in [5.74, 6) is 0.788. The molecule has 0 aromatic carbocycles. The van der Waals surface area contributed by atoms with Crippen LogP contribution in [0, 0.1) is 5.92 Å². The Labute approximate surface area is 102 Å². The minimum atomic E-state index is -0.471. The summed E-state index contributed by atoms with van der Waals surface area (Å²) >= 11 is 0. The maximum absolute atomic E-state index is 11.7. The molecule has 1 rings (SSSR count). The smallest absolute Gasteiger partial charge is 0.242 e. The largest absolute Gasteiger partial charge is 0.320 e. The van der Waals surface area contributed by atoms with Crippen molar-refractivity contribution < 1.29 is 4.79 Å². The lowest BCUT2D eigenvalue weighted by Crippen LogP contribution is -2.36. The number of amides is 1. The Morgan fingerprint density at radius 1 is 1.59 bits per heavy atom. The van der Waals surface area contributed by atoms with E-state index in [1.807, 2.05) is 19.9 Å². The van der Waals surface area contributed by atoms with Crippen LogP contribution in [-0.4, -0.2) is 22.1 Å². The molecule has 1 heterocycles. The Morgan fingerprint density at radius 2 is 2.29 bits per heavy atom. The van der Waals surface area contributed by atoms with Gasteiger partial charge in [-0.3, -0.25) is 9.89 Å². The molecule has 0 saturated heterocycles. The van der Waals surface area contributed by atoms with Crippen LogP contribution < -0.4 is 11.1 Å². The van der Waals surface area contributed by atoms with Crippen LogP contribution >= 0.6 is 0 Å². The van der Waals surface area contributed by atoms with Gasteiger partial charge in [0.15, 0.2) is 5.82 Å². The highest BCUT2D eigenvalue weighted by atomic mass is 16.2. The number of aryl methyl sites for hydroxylation is 1. The Balaban J connectivity index is 2.49. The molecule has 0 unspecified atom stereocenters. The topological polar surface area (TPSA) is 83.8 Å². The third-order valence-corrected chi connectivity index (χ3v) is 2.46. The van der Waals surface area contributed by atoms with Gasteiger partial charge in [-0.25, -0.2) is 0 Å². The second-order valence-corrected chi connectivity index (χ2v) is 4.75. The molecule has 0 aliphatic rings. The first-order valence-corrected chi connectivity index (χ1v) is 6.13. The Bertz CT molecular complexity index is 359. The number of aromatic nitrogens is 2. The van der Waals surface area contributed by atoms with Gasteiger partial charge in [-0.1, -0.05) is 27.2 Å². The van der Waals surface area contributed by atoms with Crippen molar-refractivity contribution in [3.63, 3.8) is 0 Å². The van der Waals surface area contributed by atoms with Crippen molar-refractivity contribution in [1.29, 1.82) is 0 Å². The SMILES string of the molecule is CCCc1cc(NC(=O)[C@H](N)CC(C)C)n[nH]1. The molecule has 0 aliphatic carbocycles. The fourth-order valence-corrected chi connectivity index (χ4v) is 1.66. The fraction of sp³-hybridized carbons (Fsp3) is 0.667. The first-order valence-electron chi connectivity index (χ1n) is 6.13. The molecule has 17 heavy (non-hydrogen) atoms. The van der Waals surface area contributed by atoms with Crippen molar-refractivity contribution in [1.82, 2.24) is 10.2 Å². The summed E-state index contributed by atoms with van der Waals surface area (Å²) in [5.41, 5.74) is 6.81. The van der Waals surface area contributed by atoms with E-state index in [4.69, 9.17) is 5.73 Å². The lowest BCUT2D eigenvalue weighted by molar-refractivity contribution is -0.117. The summed E-state index contributed by atoms with van der Waals surface area (Å²) in [6, 6.07) is 1.38. The summed E-state index contributed by atoms with van der Waals surface area (Å²) in [7, 11) is 0. The average Bonchev–Trinajstić information content (AvgIpc) is 2.65. The van der Waals surface area contributed by atoms with Crippen LogP contribution in [0.4, 0.5) is 5.82 Å². The van der Waals surface area contributed by atoms with Gasteiger partial charge in [0.05, 0.1) is 6.04 Å². The molecule has 1 amide bonds. The predicted octanol–water partition coefficient (Wildman–Crippen LogP) is 1.67. The molecular weight excluding hydrogens is 216 g/mol. The summed E-state index contributed by atoms with van der Waals surface area (Å²) in [5, 5.41) is 9.63. The zero-order valence-corrected chi connectivity index (χ0v) is 10.8. The van der Waals surface area contributed by atoms with E-state index in [2.05, 4.69) is 22.4 Å². The maximum atomic E-state index is 11.7. The highest BCUT2D eigenvalue weighted by Gasteiger charge is 2.15. The predicted molar refractivity (Wildman–Crippen MR) is 68.6 cm³/mol. The molecule has 0 radical (unpaired) electrons. The zero-order chi connectivity index (χ0) is 12.8.